The normalized spacial score (nSPS) is 38.9. The first-order valence-corrected chi connectivity index (χ1v) is 5.47. The fourth-order valence-electron chi connectivity index (χ4n) is 1.91. The molecular weight excluding hydrogens is 228 g/mol. The van der Waals surface area contributed by atoms with Crippen LogP contribution in [0.25, 0.3) is 0 Å². The minimum absolute atomic E-state index is 0.479. The Kier molecular flexibility index (Phi) is 4.14. The van der Waals surface area contributed by atoms with Crippen LogP contribution in [0.4, 0.5) is 0 Å². The molecule has 6 nitrogen and oxygen atoms in total. The number of ether oxygens (including phenoxy) is 2. The largest absolute Gasteiger partial charge is 0.467 e. The lowest BCUT2D eigenvalue weighted by molar-refractivity contribution is -0.247. The highest BCUT2D eigenvalue weighted by molar-refractivity contribution is 5.75. The van der Waals surface area contributed by atoms with E-state index in [0.717, 1.165) is 0 Å². The van der Waals surface area contributed by atoms with Crippen LogP contribution < -0.4 is 0 Å². The van der Waals surface area contributed by atoms with Gasteiger partial charge in [-0.15, -0.1) is 0 Å². The Bertz CT molecular complexity index is 284. The third-order valence-corrected chi connectivity index (χ3v) is 2.90. The minimum Gasteiger partial charge on any atom is -0.467 e. The van der Waals surface area contributed by atoms with Crippen LogP contribution in [0.1, 0.15) is 20.8 Å². The van der Waals surface area contributed by atoms with Gasteiger partial charge in [0, 0.05) is 0 Å². The summed E-state index contributed by atoms with van der Waals surface area (Å²) < 4.78 is 9.85. The van der Waals surface area contributed by atoms with E-state index in [4.69, 9.17) is 4.74 Å². The maximum atomic E-state index is 11.4. The second-order valence-corrected chi connectivity index (χ2v) is 5.34. The summed E-state index contributed by atoms with van der Waals surface area (Å²) in [5, 5.41) is 29.2. The second kappa shape index (κ2) is 4.89. The van der Waals surface area contributed by atoms with Crippen molar-refractivity contribution in [1.82, 2.24) is 0 Å². The lowest BCUT2D eigenvalue weighted by Gasteiger charge is -2.44. The van der Waals surface area contributed by atoms with Crippen molar-refractivity contribution in [3.05, 3.63) is 0 Å². The number of hydrogen-bond donors (Lipinski definition) is 3. The standard InChI is InChI=1S/C11H20O6/c1-11(2,3)9-7(14)5(12)6(13)8(17-9)10(15)16-4/h5-9,12-14H,1-4H3/t5-,6-,7+,8-,9+/m0/s1. The smallest absolute Gasteiger partial charge is 0.337 e. The zero-order valence-electron chi connectivity index (χ0n) is 10.5. The van der Waals surface area contributed by atoms with Gasteiger partial charge in [0.1, 0.15) is 18.3 Å². The molecular formula is C11H20O6. The molecule has 0 bridgehead atoms. The summed E-state index contributed by atoms with van der Waals surface area (Å²) in [4.78, 5) is 11.4. The Balaban J connectivity index is 2.94. The molecule has 100 valence electrons. The molecule has 1 saturated heterocycles. The molecule has 0 aliphatic carbocycles. The van der Waals surface area contributed by atoms with Gasteiger partial charge in [0.15, 0.2) is 6.10 Å². The van der Waals surface area contributed by atoms with Crippen molar-refractivity contribution in [2.75, 3.05) is 7.11 Å². The van der Waals surface area contributed by atoms with Crippen LogP contribution in [-0.4, -0.2) is 58.9 Å². The number of hydrogen-bond acceptors (Lipinski definition) is 6. The summed E-state index contributed by atoms with van der Waals surface area (Å²) >= 11 is 0. The summed E-state index contributed by atoms with van der Waals surface area (Å²) in [5.74, 6) is -0.766. The van der Waals surface area contributed by atoms with Gasteiger partial charge < -0.3 is 24.8 Å². The zero-order valence-corrected chi connectivity index (χ0v) is 10.5. The fraction of sp³-hybridized carbons (Fsp3) is 0.909. The first-order valence-electron chi connectivity index (χ1n) is 5.47. The Labute approximate surface area is 100 Å². The van der Waals surface area contributed by atoms with E-state index < -0.39 is 41.9 Å². The van der Waals surface area contributed by atoms with Crippen molar-refractivity contribution < 1.29 is 29.6 Å². The van der Waals surface area contributed by atoms with Crippen molar-refractivity contribution in [3.8, 4) is 0 Å². The number of carbonyl (C=O) groups is 1. The van der Waals surface area contributed by atoms with Crippen LogP contribution >= 0.6 is 0 Å². The fourth-order valence-corrected chi connectivity index (χ4v) is 1.91. The predicted octanol–water partition coefficient (Wildman–Crippen LogP) is -0.944. The number of rotatable bonds is 1. The molecule has 0 unspecified atom stereocenters. The van der Waals surface area contributed by atoms with E-state index in [1.54, 1.807) is 20.8 Å². The van der Waals surface area contributed by atoms with Gasteiger partial charge in [-0.1, -0.05) is 20.8 Å². The van der Waals surface area contributed by atoms with E-state index in [2.05, 4.69) is 4.74 Å². The molecule has 0 saturated carbocycles. The molecule has 1 heterocycles. The van der Waals surface area contributed by atoms with Gasteiger partial charge >= 0.3 is 5.97 Å². The Hall–Kier alpha value is -0.690. The maximum Gasteiger partial charge on any atom is 0.337 e. The first-order chi connectivity index (χ1) is 7.70. The van der Waals surface area contributed by atoms with Crippen molar-refractivity contribution in [1.29, 1.82) is 0 Å². The van der Waals surface area contributed by atoms with E-state index in [0.29, 0.717) is 0 Å². The van der Waals surface area contributed by atoms with Crippen LogP contribution in [0.3, 0.4) is 0 Å². The number of aliphatic hydroxyl groups is 3. The molecule has 0 aromatic rings. The molecule has 1 aliphatic heterocycles. The van der Waals surface area contributed by atoms with E-state index in [-0.39, 0.29) is 0 Å². The Morgan fingerprint density at radius 1 is 1.12 bits per heavy atom. The molecule has 5 atom stereocenters. The molecule has 1 fully saturated rings. The van der Waals surface area contributed by atoms with Crippen molar-refractivity contribution >= 4 is 5.97 Å². The third kappa shape index (κ3) is 2.77. The van der Waals surface area contributed by atoms with Gasteiger partial charge in [0.25, 0.3) is 0 Å². The van der Waals surface area contributed by atoms with Gasteiger partial charge in [-0.3, -0.25) is 0 Å². The van der Waals surface area contributed by atoms with Crippen molar-refractivity contribution in [2.45, 2.75) is 51.3 Å². The molecule has 3 N–H and O–H groups in total. The molecule has 1 rings (SSSR count). The van der Waals surface area contributed by atoms with E-state index in [1.165, 1.54) is 7.11 Å². The van der Waals surface area contributed by atoms with E-state index in [1.807, 2.05) is 0 Å². The van der Waals surface area contributed by atoms with Gasteiger partial charge in [-0.25, -0.2) is 4.79 Å². The second-order valence-electron chi connectivity index (χ2n) is 5.34. The lowest BCUT2D eigenvalue weighted by Crippen LogP contribution is -2.62. The predicted molar refractivity (Wildman–Crippen MR) is 58.2 cm³/mol. The third-order valence-electron chi connectivity index (χ3n) is 2.90. The maximum absolute atomic E-state index is 11.4. The van der Waals surface area contributed by atoms with Crippen LogP contribution in [0.15, 0.2) is 0 Å². The van der Waals surface area contributed by atoms with Crippen molar-refractivity contribution in [2.24, 2.45) is 5.41 Å². The van der Waals surface area contributed by atoms with E-state index >= 15 is 0 Å². The Morgan fingerprint density at radius 2 is 1.65 bits per heavy atom. The highest BCUT2D eigenvalue weighted by Crippen LogP contribution is 2.33. The average Bonchev–Trinajstić information content (AvgIpc) is 2.23. The number of carbonyl (C=O) groups excluding carboxylic acids is 1. The van der Waals surface area contributed by atoms with Crippen LogP contribution in [0.5, 0.6) is 0 Å². The summed E-state index contributed by atoms with van der Waals surface area (Å²) in [6.07, 6.45) is -6.20. The molecule has 0 aromatic heterocycles. The SMILES string of the molecule is COC(=O)[C@H]1O[C@@H](C(C)(C)C)[C@H](O)[C@@H](O)[C@@H]1O. The summed E-state index contributed by atoms with van der Waals surface area (Å²) in [6.45, 7) is 5.42. The number of methoxy groups -OCH3 is 1. The van der Waals surface area contributed by atoms with Gasteiger partial charge in [0.05, 0.1) is 13.2 Å². The average molecular weight is 248 g/mol. The topological polar surface area (TPSA) is 96.2 Å². The summed E-state index contributed by atoms with van der Waals surface area (Å²) in [6, 6.07) is 0. The first kappa shape index (κ1) is 14.4. The molecule has 6 heteroatoms. The van der Waals surface area contributed by atoms with Crippen LogP contribution in [0.2, 0.25) is 0 Å². The lowest BCUT2D eigenvalue weighted by atomic mass is 9.80. The van der Waals surface area contributed by atoms with Crippen molar-refractivity contribution in [3.63, 3.8) is 0 Å². The molecule has 0 radical (unpaired) electrons. The molecule has 0 aromatic carbocycles. The number of esters is 1. The zero-order chi connectivity index (χ0) is 13.4. The van der Waals surface area contributed by atoms with Gasteiger partial charge in [-0.2, -0.15) is 0 Å². The molecule has 17 heavy (non-hydrogen) atoms. The minimum atomic E-state index is -1.49. The summed E-state index contributed by atoms with van der Waals surface area (Å²) in [5.41, 5.74) is -0.479. The Morgan fingerprint density at radius 3 is 2.06 bits per heavy atom. The highest BCUT2D eigenvalue weighted by atomic mass is 16.6. The summed E-state index contributed by atoms with van der Waals surface area (Å²) in [7, 11) is 1.17. The molecule has 0 amide bonds. The van der Waals surface area contributed by atoms with E-state index in [9.17, 15) is 20.1 Å². The monoisotopic (exact) mass is 248 g/mol. The van der Waals surface area contributed by atoms with Gasteiger partial charge in [-0.05, 0) is 5.41 Å². The molecule has 1 aliphatic rings. The van der Waals surface area contributed by atoms with Crippen LogP contribution in [-0.2, 0) is 14.3 Å². The number of aliphatic hydroxyl groups excluding tert-OH is 3. The highest BCUT2D eigenvalue weighted by Gasteiger charge is 2.50. The van der Waals surface area contributed by atoms with Crippen LogP contribution in [0, 0.1) is 5.41 Å². The quantitative estimate of drug-likeness (QED) is 0.518. The van der Waals surface area contributed by atoms with Gasteiger partial charge in [0.2, 0.25) is 0 Å². The molecule has 0 spiro atoms.